The van der Waals surface area contributed by atoms with E-state index in [1.54, 1.807) is 17.9 Å². The van der Waals surface area contributed by atoms with E-state index in [2.05, 4.69) is 25.0 Å². The molecular formula is C20H17Cl2N7O2. The van der Waals surface area contributed by atoms with Crippen molar-refractivity contribution in [2.75, 3.05) is 18.0 Å². The van der Waals surface area contributed by atoms with Gasteiger partial charge in [-0.3, -0.25) is 9.36 Å². The Kier molecular flexibility index (Phi) is 4.13. The molecule has 1 aliphatic heterocycles. The highest BCUT2D eigenvalue weighted by Crippen LogP contribution is 2.58. The molecule has 2 aliphatic rings. The summed E-state index contributed by atoms with van der Waals surface area (Å²) in [6, 6.07) is 5.72. The Morgan fingerprint density at radius 1 is 1.13 bits per heavy atom. The minimum atomic E-state index is -0.190. The molecule has 1 aliphatic carbocycles. The maximum absolute atomic E-state index is 12.7. The third kappa shape index (κ3) is 3.02. The van der Waals surface area contributed by atoms with Crippen LogP contribution in [0.5, 0.6) is 0 Å². The number of nitrogens with zero attached hydrogens (tertiary/aromatic N) is 7. The van der Waals surface area contributed by atoms with Gasteiger partial charge in [0, 0.05) is 31.7 Å². The Bertz CT molecular complexity index is 1370. The van der Waals surface area contributed by atoms with Crippen molar-refractivity contribution in [2.45, 2.75) is 12.5 Å². The first-order valence-corrected chi connectivity index (χ1v) is 10.6. The van der Waals surface area contributed by atoms with Crippen LogP contribution in [0, 0.1) is 11.8 Å². The fourth-order valence-corrected chi connectivity index (χ4v) is 4.89. The van der Waals surface area contributed by atoms with Crippen LogP contribution in [0.3, 0.4) is 0 Å². The number of piperidine rings is 1. The lowest BCUT2D eigenvalue weighted by molar-refractivity contribution is 0.363. The van der Waals surface area contributed by atoms with Crippen LogP contribution in [-0.2, 0) is 13.6 Å². The summed E-state index contributed by atoms with van der Waals surface area (Å²) in [5.74, 6) is 2.35. The van der Waals surface area contributed by atoms with Gasteiger partial charge in [0.1, 0.15) is 12.9 Å². The summed E-state index contributed by atoms with van der Waals surface area (Å²) in [6.45, 7) is 2.01. The summed E-state index contributed by atoms with van der Waals surface area (Å²) in [5, 5.41) is 5.31. The van der Waals surface area contributed by atoms with E-state index in [1.807, 2.05) is 18.2 Å². The molecule has 0 spiro atoms. The number of benzene rings is 1. The number of aromatic nitrogens is 6. The first-order valence-electron chi connectivity index (χ1n) is 9.88. The second kappa shape index (κ2) is 6.80. The quantitative estimate of drug-likeness (QED) is 0.464. The van der Waals surface area contributed by atoms with Crippen LogP contribution in [0.2, 0.25) is 10.0 Å². The van der Waals surface area contributed by atoms with E-state index in [1.165, 1.54) is 10.9 Å². The molecule has 6 rings (SSSR count). The number of rotatable bonds is 4. The minimum Gasteiger partial charge on any atom is -0.371 e. The lowest BCUT2D eigenvalue weighted by Gasteiger charge is -2.21. The Balaban J connectivity index is 1.16. The molecule has 0 radical (unpaired) electrons. The average molecular weight is 458 g/mol. The summed E-state index contributed by atoms with van der Waals surface area (Å²) in [5.41, 5.74) is 1.76. The van der Waals surface area contributed by atoms with E-state index >= 15 is 0 Å². The minimum absolute atomic E-state index is 0.178. The van der Waals surface area contributed by atoms with Gasteiger partial charge in [-0.2, -0.15) is 4.98 Å². The van der Waals surface area contributed by atoms with Crippen LogP contribution >= 0.6 is 23.2 Å². The number of imidazole rings is 1. The molecule has 1 saturated heterocycles. The van der Waals surface area contributed by atoms with Gasteiger partial charge in [-0.1, -0.05) is 28.4 Å². The van der Waals surface area contributed by atoms with Crippen molar-refractivity contribution in [3.05, 3.63) is 63.0 Å². The molecule has 0 N–H and O–H groups in total. The number of anilines is 1. The topological polar surface area (TPSA) is 94.9 Å². The first-order chi connectivity index (χ1) is 15.0. The summed E-state index contributed by atoms with van der Waals surface area (Å²) in [6.07, 6.45) is 3.03. The predicted molar refractivity (Wildman–Crippen MR) is 115 cm³/mol. The number of halogens is 2. The predicted octanol–water partition coefficient (Wildman–Crippen LogP) is 2.72. The van der Waals surface area contributed by atoms with Crippen LogP contribution in [0.1, 0.15) is 17.6 Å². The molecular weight excluding hydrogens is 441 g/mol. The summed E-state index contributed by atoms with van der Waals surface area (Å²) >= 11 is 12.2. The lowest BCUT2D eigenvalue weighted by Crippen LogP contribution is -2.23. The SMILES string of the molecule is Cn1cnc2ncn(Cc3nc(C4C5CN(c6ccc(Cl)c(Cl)c6)CC54)no3)c(=O)c21. The van der Waals surface area contributed by atoms with Gasteiger partial charge in [0.2, 0.25) is 5.89 Å². The molecule has 9 nitrogen and oxygen atoms in total. The van der Waals surface area contributed by atoms with Crippen molar-refractivity contribution in [3.8, 4) is 0 Å². The van der Waals surface area contributed by atoms with Crippen molar-refractivity contribution < 1.29 is 4.52 Å². The molecule has 4 aromatic rings. The molecule has 2 fully saturated rings. The smallest absolute Gasteiger partial charge is 0.280 e. The molecule has 0 amide bonds. The zero-order valence-corrected chi connectivity index (χ0v) is 18.0. The fraction of sp³-hybridized carbons (Fsp3) is 0.350. The van der Waals surface area contributed by atoms with Crippen molar-refractivity contribution >= 4 is 40.1 Å². The maximum atomic E-state index is 12.7. The standard InChI is InChI=1S/C20H17Cl2N7O2/c1-27-8-23-19-17(27)20(30)29(9-24-19)7-15-25-18(26-31-15)16-11-5-28(6-12(11)16)10-2-3-13(21)14(22)4-10/h2-4,8-9,11-12,16H,5-7H2,1H3. The van der Waals surface area contributed by atoms with Gasteiger partial charge in [0.15, 0.2) is 17.0 Å². The molecule has 2 unspecified atom stereocenters. The van der Waals surface area contributed by atoms with Crippen molar-refractivity contribution in [3.63, 3.8) is 0 Å². The van der Waals surface area contributed by atoms with E-state index in [-0.39, 0.29) is 18.0 Å². The van der Waals surface area contributed by atoms with Gasteiger partial charge >= 0.3 is 0 Å². The van der Waals surface area contributed by atoms with Gasteiger partial charge in [-0.05, 0) is 30.0 Å². The zero-order valence-electron chi connectivity index (χ0n) is 16.4. The summed E-state index contributed by atoms with van der Waals surface area (Å²) in [4.78, 5) is 27.9. The highest BCUT2D eigenvalue weighted by atomic mass is 35.5. The van der Waals surface area contributed by atoms with Crippen molar-refractivity contribution in [2.24, 2.45) is 18.9 Å². The second-order valence-electron chi connectivity index (χ2n) is 8.11. The Labute approximate surface area is 186 Å². The van der Waals surface area contributed by atoms with E-state index in [0.29, 0.717) is 44.8 Å². The van der Waals surface area contributed by atoms with Crippen molar-refractivity contribution in [1.82, 2.24) is 29.2 Å². The van der Waals surface area contributed by atoms with Gasteiger partial charge in [0.25, 0.3) is 5.56 Å². The number of fused-ring (bicyclic) bond motifs is 2. The lowest BCUT2D eigenvalue weighted by atomic mass is 10.2. The van der Waals surface area contributed by atoms with Crippen LogP contribution in [0.15, 0.2) is 40.2 Å². The second-order valence-corrected chi connectivity index (χ2v) is 8.92. The van der Waals surface area contributed by atoms with E-state index in [4.69, 9.17) is 27.7 Å². The van der Waals surface area contributed by atoms with Crippen LogP contribution < -0.4 is 10.5 Å². The third-order valence-electron chi connectivity index (χ3n) is 6.25. The zero-order chi connectivity index (χ0) is 21.3. The normalized spacial score (nSPS) is 22.3. The highest BCUT2D eigenvalue weighted by Gasteiger charge is 2.58. The molecule has 3 aromatic heterocycles. The van der Waals surface area contributed by atoms with Crippen LogP contribution in [0.4, 0.5) is 5.69 Å². The Hall–Kier alpha value is -2.91. The molecule has 4 heterocycles. The fourth-order valence-electron chi connectivity index (χ4n) is 4.60. The molecule has 31 heavy (non-hydrogen) atoms. The van der Waals surface area contributed by atoms with E-state index in [0.717, 1.165) is 18.8 Å². The monoisotopic (exact) mass is 457 g/mol. The Morgan fingerprint density at radius 2 is 1.90 bits per heavy atom. The van der Waals surface area contributed by atoms with Gasteiger partial charge < -0.3 is 14.0 Å². The van der Waals surface area contributed by atoms with Crippen LogP contribution in [-0.4, -0.2) is 42.3 Å². The van der Waals surface area contributed by atoms with Crippen molar-refractivity contribution in [1.29, 1.82) is 0 Å². The molecule has 1 saturated carbocycles. The summed E-state index contributed by atoms with van der Waals surface area (Å²) < 4.78 is 8.56. The Morgan fingerprint density at radius 3 is 2.68 bits per heavy atom. The average Bonchev–Trinajstić information content (AvgIpc) is 3.18. The van der Waals surface area contributed by atoms with E-state index in [9.17, 15) is 4.79 Å². The molecule has 1 aromatic carbocycles. The molecule has 158 valence electrons. The number of aryl methyl sites for hydroxylation is 1. The van der Waals surface area contributed by atoms with E-state index < -0.39 is 0 Å². The first kappa shape index (κ1) is 18.8. The molecule has 0 bridgehead atoms. The third-order valence-corrected chi connectivity index (χ3v) is 6.99. The maximum Gasteiger partial charge on any atom is 0.280 e. The van der Waals surface area contributed by atoms with Gasteiger partial charge in [0.05, 0.1) is 16.4 Å². The largest absolute Gasteiger partial charge is 0.371 e. The molecule has 11 heteroatoms. The van der Waals surface area contributed by atoms with Gasteiger partial charge in [-0.25, -0.2) is 9.97 Å². The number of hydrogen-bond donors (Lipinski definition) is 0. The molecule has 2 atom stereocenters. The van der Waals surface area contributed by atoms with Gasteiger partial charge in [-0.15, -0.1) is 0 Å². The number of hydrogen-bond acceptors (Lipinski definition) is 7. The highest BCUT2D eigenvalue weighted by molar-refractivity contribution is 6.42. The summed E-state index contributed by atoms with van der Waals surface area (Å²) in [7, 11) is 1.76. The van der Waals surface area contributed by atoms with Crippen LogP contribution in [0.25, 0.3) is 11.2 Å².